The molecule has 8 nitrogen and oxygen atoms in total. The van der Waals surface area contributed by atoms with E-state index in [0.717, 1.165) is 45.0 Å². The van der Waals surface area contributed by atoms with Crippen LogP contribution in [0, 0.1) is 0 Å². The molecule has 0 N–H and O–H groups in total. The minimum Gasteiger partial charge on any atom is -0.469 e. The fraction of sp³-hybridized carbons (Fsp3) is 0.241. The predicted molar refractivity (Wildman–Crippen MR) is 134 cm³/mol. The fourth-order valence-electron chi connectivity index (χ4n) is 6.25. The van der Waals surface area contributed by atoms with Crippen LogP contribution in [0.25, 0.3) is 22.8 Å². The Morgan fingerprint density at radius 1 is 0.595 bits per heavy atom. The maximum absolute atomic E-state index is 13.1. The summed E-state index contributed by atoms with van der Waals surface area (Å²) < 4.78 is 10.4. The molecule has 0 saturated carbocycles. The average molecular weight is 493 g/mol. The van der Waals surface area contributed by atoms with E-state index in [9.17, 15) is 9.59 Å². The van der Waals surface area contributed by atoms with E-state index in [1.165, 1.54) is 14.2 Å². The number of hydrogen-bond acceptors (Lipinski definition) is 8. The van der Waals surface area contributed by atoms with Crippen LogP contribution in [0.3, 0.4) is 0 Å². The van der Waals surface area contributed by atoms with Crippen LogP contribution in [-0.2, 0) is 29.9 Å². The number of rotatable bonds is 6. The monoisotopic (exact) mass is 492 g/mol. The van der Waals surface area contributed by atoms with Crippen molar-refractivity contribution in [2.45, 2.75) is 30.1 Å². The van der Waals surface area contributed by atoms with E-state index < -0.39 is 10.8 Å². The first kappa shape index (κ1) is 23.0. The summed E-state index contributed by atoms with van der Waals surface area (Å²) in [7, 11) is 2.77. The SMILES string of the molecule is COC(=O)CC1(CC2(CC(=O)OC)c3cccnc3-c3ncccc32)c2cccnc2-c2ncccc21. The molecule has 2 aliphatic carbocycles. The number of esters is 2. The van der Waals surface area contributed by atoms with E-state index in [0.29, 0.717) is 6.42 Å². The molecule has 2 aliphatic rings. The minimum atomic E-state index is -0.876. The average Bonchev–Trinajstić information content (AvgIpc) is 3.37. The molecule has 0 bridgehead atoms. The maximum Gasteiger partial charge on any atom is 0.306 e. The van der Waals surface area contributed by atoms with Gasteiger partial charge in [0.05, 0.1) is 49.8 Å². The van der Waals surface area contributed by atoms with Gasteiger partial charge in [-0.3, -0.25) is 29.5 Å². The van der Waals surface area contributed by atoms with Gasteiger partial charge in [-0.15, -0.1) is 0 Å². The Kier molecular flexibility index (Phi) is 5.33. The number of fused-ring (bicyclic) bond motifs is 6. The quantitative estimate of drug-likeness (QED) is 0.372. The molecule has 4 aromatic rings. The number of aromatic nitrogens is 4. The number of ether oxygens (including phenoxy) is 2. The van der Waals surface area contributed by atoms with Crippen LogP contribution in [-0.4, -0.2) is 46.1 Å². The molecule has 4 heterocycles. The van der Waals surface area contributed by atoms with E-state index in [1.807, 2.05) is 48.5 Å². The Morgan fingerprint density at radius 3 is 1.16 bits per heavy atom. The van der Waals surface area contributed by atoms with Crippen LogP contribution >= 0.6 is 0 Å². The zero-order valence-corrected chi connectivity index (χ0v) is 20.5. The van der Waals surface area contributed by atoms with Crippen molar-refractivity contribution in [2.75, 3.05) is 14.2 Å². The molecule has 0 spiro atoms. The van der Waals surface area contributed by atoms with Crippen LogP contribution < -0.4 is 0 Å². The second kappa shape index (κ2) is 8.58. The molecular formula is C29H24N4O4. The summed E-state index contributed by atoms with van der Waals surface area (Å²) in [6, 6.07) is 15.4. The Hall–Kier alpha value is -4.46. The highest BCUT2D eigenvalue weighted by Crippen LogP contribution is 2.60. The van der Waals surface area contributed by atoms with Crippen molar-refractivity contribution in [3.8, 4) is 22.8 Å². The molecule has 0 radical (unpaired) electrons. The van der Waals surface area contributed by atoms with Crippen LogP contribution in [0.1, 0.15) is 41.5 Å². The van der Waals surface area contributed by atoms with Gasteiger partial charge in [0.2, 0.25) is 0 Å². The molecule has 0 atom stereocenters. The molecular weight excluding hydrogens is 468 g/mol. The third kappa shape index (κ3) is 3.28. The standard InChI is InChI=1S/C29H24N4O4/c1-36-22(34)15-28(18-7-3-11-30-24(18)25-19(28)8-4-12-31-25)17-29(16-23(35)37-2)20-9-5-13-32-26(20)27-21(29)10-6-14-33-27/h3-14H,15-17H2,1-2H3. The number of carbonyl (C=O) groups excluding carboxylic acids is 2. The van der Waals surface area contributed by atoms with Crippen LogP contribution in [0.2, 0.25) is 0 Å². The lowest BCUT2D eigenvalue weighted by molar-refractivity contribution is -0.142. The normalized spacial score (nSPS) is 15.2. The highest BCUT2D eigenvalue weighted by atomic mass is 16.5. The van der Waals surface area contributed by atoms with Gasteiger partial charge in [0.25, 0.3) is 0 Å². The second-order valence-electron chi connectivity index (χ2n) is 9.45. The molecule has 0 aliphatic heterocycles. The third-order valence-corrected chi connectivity index (χ3v) is 7.69. The van der Waals surface area contributed by atoms with Crippen molar-refractivity contribution in [1.82, 2.24) is 19.9 Å². The van der Waals surface area contributed by atoms with Crippen molar-refractivity contribution >= 4 is 11.9 Å². The first-order chi connectivity index (χ1) is 18.0. The molecule has 0 aromatic carbocycles. The summed E-state index contributed by atoms with van der Waals surface area (Å²) in [4.78, 5) is 44.8. The Balaban J connectivity index is 1.67. The molecule has 6 rings (SSSR count). The molecule has 184 valence electrons. The number of pyridine rings is 4. The Labute approximate surface area is 213 Å². The minimum absolute atomic E-state index is 0.0506. The van der Waals surface area contributed by atoms with Gasteiger partial charge in [-0.1, -0.05) is 24.3 Å². The lowest BCUT2D eigenvalue weighted by atomic mass is 9.60. The fourth-order valence-corrected chi connectivity index (χ4v) is 6.25. The lowest BCUT2D eigenvalue weighted by Gasteiger charge is -2.41. The third-order valence-electron chi connectivity index (χ3n) is 7.69. The van der Waals surface area contributed by atoms with Gasteiger partial charge in [-0.2, -0.15) is 0 Å². The van der Waals surface area contributed by atoms with Gasteiger partial charge in [0.1, 0.15) is 0 Å². The largest absolute Gasteiger partial charge is 0.469 e. The number of carbonyl (C=O) groups is 2. The first-order valence-corrected chi connectivity index (χ1v) is 12.0. The number of nitrogens with zero attached hydrogens (tertiary/aromatic N) is 4. The van der Waals surface area contributed by atoms with Crippen LogP contribution in [0.15, 0.2) is 73.3 Å². The molecule has 0 saturated heterocycles. The summed E-state index contributed by atoms with van der Waals surface area (Å²) >= 11 is 0. The number of methoxy groups -OCH3 is 2. The highest BCUT2D eigenvalue weighted by molar-refractivity contribution is 5.84. The van der Waals surface area contributed by atoms with Gasteiger partial charge in [-0.25, -0.2) is 0 Å². The van der Waals surface area contributed by atoms with E-state index in [1.54, 1.807) is 24.8 Å². The smallest absolute Gasteiger partial charge is 0.306 e. The Morgan fingerprint density at radius 2 is 0.892 bits per heavy atom. The molecule has 0 fully saturated rings. The molecule has 37 heavy (non-hydrogen) atoms. The van der Waals surface area contributed by atoms with Crippen molar-refractivity contribution < 1.29 is 19.1 Å². The molecule has 0 amide bonds. The van der Waals surface area contributed by atoms with Crippen molar-refractivity contribution in [1.29, 1.82) is 0 Å². The summed E-state index contributed by atoms with van der Waals surface area (Å²) in [5, 5.41) is 0. The zero-order chi connectivity index (χ0) is 25.6. The van der Waals surface area contributed by atoms with Gasteiger partial charge in [-0.05, 0) is 52.9 Å². The van der Waals surface area contributed by atoms with Gasteiger partial charge in [0, 0.05) is 35.6 Å². The second-order valence-corrected chi connectivity index (χ2v) is 9.45. The first-order valence-electron chi connectivity index (χ1n) is 12.0. The van der Waals surface area contributed by atoms with E-state index in [2.05, 4.69) is 19.9 Å². The molecule has 4 aromatic heterocycles. The van der Waals surface area contributed by atoms with Crippen molar-refractivity contribution in [2.24, 2.45) is 0 Å². The molecule has 8 heteroatoms. The number of hydrogen-bond donors (Lipinski definition) is 0. The van der Waals surface area contributed by atoms with Crippen molar-refractivity contribution in [3.63, 3.8) is 0 Å². The van der Waals surface area contributed by atoms with E-state index in [4.69, 9.17) is 9.47 Å². The summed E-state index contributed by atoms with van der Waals surface area (Å²) in [6.45, 7) is 0. The lowest BCUT2D eigenvalue weighted by Crippen LogP contribution is -2.41. The van der Waals surface area contributed by atoms with Crippen LogP contribution in [0.4, 0.5) is 0 Å². The summed E-state index contributed by atoms with van der Waals surface area (Å²) in [5.41, 5.74) is 4.66. The van der Waals surface area contributed by atoms with E-state index in [-0.39, 0.29) is 24.8 Å². The topological polar surface area (TPSA) is 104 Å². The predicted octanol–water partition coefficient (Wildman–Crippen LogP) is 4.02. The highest BCUT2D eigenvalue weighted by Gasteiger charge is 2.56. The molecule has 0 unspecified atom stereocenters. The summed E-state index contributed by atoms with van der Waals surface area (Å²) in [5.74, 6) is -0.730. The van der Waals surface area contributed by atoms with Crippen LogP contribution in [0.5, 0.6) is 0 Å². The zero-order valence-electron chi connectivity index (χ0n) is 20.5. The Bertz CT molecular complexity index is 1340. The maximum atomic E-state index is 13.1. The van der Waals surface area contributed by atoms with Crippen molar-refractivity contribution in [3.05, 3.63) is 95.6 Å². The van der Waals surface area contributed by atoms with Gasteiger partial charge in [0.15, 0.2) is 0 Å². The van der Waals surface area contributed by atoms with Gasteiger partial charge < -0.3 is 9.47 Å². The van der Waals surface area contributed by atoms with Gasteiger partial charge >= 0.3 is 11.9 Å². The van der Waals surface area contributed by atoms with E-state index >= 15 is 0 Å². The summed E-state index contributed by atoms with van der Waals surface area (Å²) in [6.07, 6.45) is 7.37.